The molecule has 1 spiro atoms. The topological polar surface area (TPSA) is 85.0 Å². The molecule has 29 heteroatoms. The van der Waals surface area contributed by atoms with Crippen molar-refractivity contribution in [3.05, 3.63) is 0 Å². The highest BCUT2D eigenvalue weighted by Gasteiger charge is 2.62. The first kappa shape index (κ1) is 96.6. The number of carbonyl (C=O) groups is 2. The van der Waals surface area contributed by atoms with Crippen molar-refractivity contribution >= 4 is 11.8 Å². The van der Waals surface area contributed by atoms with E-state index < -0.39 is 55.2 Å². The van der Waals surface area contributed by atoms with E-state index in [9.17, 15) is 75.4 Å². The lowest BCUT2D eigenvalue weighted by Crippen LogP contribution is -2.66. The maximum absolute atomic E-state index is 12.6. The molecule has 10 heterocycles. The molecular weight excluding hydrogens is 1380 g/mol. The molecule has 11 fully saturated rings. The molecule has 1 saturated carbocycles. The first-order valence-corrected chi connectivity index (χ1v) is 38.2. The van der Waals surface area contributed by atoms with Crippen molar-refractivity contribution in [2.45, 2.75) is 357 Å². The number of rotatable bonds is 13. The molecule has 10 aliphatic heterocycles. The number of halogens is 15. The zero-order chi connectivity index (χ0) is 79.2. The highest BCUT2D eigenvalue weighted by atomic mass is 19.4. The van der Waals surface area contributed by atoms with Gasteiger partial charge in [0, 0.05) is 163 Å². The fourth-order valence-corrected chi connectivity index (χ4v) is 14.4. The minimum Gasteiger partial charge on any atom is -0.340 e. The molecule has 0 bridgehead atoms. The van der Waals surface area contributed by atoms with Crippen LogP contribution in [0.25, 0.3) is 0 Å². The third kappa shape index (κ3) is 34.9. The van der Waals surface area contributed by atoms with Gasteiger partial charge >= 0.3 is 25.3 Å². The summed E-state index contributed by atoms with van der Waals surface area (Å²) >= 11 is 0. The van der Waals surface area contributed by atoms with Crippen LogP contribution >= 0.6 is 0 Å². The lowest BCUT2D eigenvalue weighted by Gasteiger charge is -2.60. The van der Waals surface area contributed by atoms with Crippen LogP contribution in [-0.2, 0) is 19.1 Å². The first-order valence-electron chi connectivity index (χ1n) is 38.2. The Morgan fingerprint density at radius 2 is 0.825 bits per heavy atom. The summed E-state index contributed by atoms with van der Waals surface area (Å²) in [6, 6.07) is 4.19. The van der Waals surface area contributed by atoms with Gasteiger partial charge in [0.1, 0.15) is 6.04 Å². The molecule has 14 nitrogen and oxygen atoms in total. The molecule has 1 aliphatic carbocycles. The lowest BCUT2D eigenvalue weighted by atomic mass is 9.61. The van der Waals surface area contributed by atoms with Gasteiger partial charge in [0.15, 0.2) is 0 Å². The van der Waals surface area contributed by atoms with Gasteiger partial charge in [-0.2, -0.15) is 35.1 Å². The molecule has 0 aromatic rings. The van der Waals surface area contributed by atoms with E-state index in [1.54, 1.807) is 4.90 Å². The van der Waals surface area contributed by atoms with Crippen molar-refractivity contribution in [1.29, 1.82) is 0 Å². The van der Waals surface area contributed by atoms with E-state index in [1.807, 2.05) is 88.8 Å². The molecule has 0 N–H and O–H groups in total. The lowest BCUT2D eigenvalue weighted by molar-refractivity contribution is -0.355. The van der Waals surface area contributed by atoms with Crippen LogP contribution < -0.4 is 0 Å². The average molecular weight is 1520 g/mol. The summed E-state index contributed by atoms with van der Waals surface area (Å²) in [6.45, 7) is 52.3. The largest absolute Gasteiger partial charge is 0.522 e. The molecule has 103 heavy (non-hydrogen) atoms. The summed E-state index contributed by atoms with van der Waals surface area (Å²) in [5, 5.41) is 0. The van der Waals surface area contributed by atoms with E-state index in [0.717, 1.165) is 63.4 Å². The zero-order valence-corrected chi connectivity index (χ0v) is 66.7. The summed E-state index contributed by atoms with van der Waals surface area (Å²) < 4.78 is 188. The van der Waals surface area contributed by atoms with Crippen LogP contribution in [0.15, 0.2) is 0 Å². The van der Waals surface area contributed by atoms with Crippen molar-refractivity contribution < 1.29 is 84.9 Å². The molecule has 11 aliphatic rings. The Kier molecular flexibility index (Phi) is 40.5. The van der Waals surface area contributed by atoms with Crippen molar-refractivity contribution in [3.8, 4) is 0 Å². The molecule has 11 rings (SSSR count). The zero-order valence-electron chi connectivity index (χ0n) is 66.7. The number of ether oxygens (including phenoxy) is 2. The van der Waals surface area contributed by atoms with E-state index in [2.05, 4.69) is 112 Å². The Bertz CT molecular complexity index is 2310. The minimum absolute atomic E-state index is 0.000810. The quantitative estimate of drug-likeness (QED) is 0.165. The third-order valence-electron chi connectivity index (χ3n) is 20.9. The van der Waals surface area contributed by atoms with E-state index >= 15 is 0 Å². The Balaban J connectivity index is 0.000000390. The number of hydrogen-bond acceptors (Lipinski definition) is 12. The minimum atomic E-state index is -4.48. The molecule has 3 unspecified atom stereocenters. The predicted octanol–water partition coefficient (Wildman–Crippen LogP) is 16.5. The van der Waals surface area contributed by atoms with Gasteiger partial charge in [-0.1, -0.05) is 0 Å². The fraction of sp³-hybridized carbons (Fsp3) is 0.973. The standard InChI is InChI=1S/C9H15F2N.C8H14F3N.C8H15NO.C8H17N.C7H12F3NO.C7H12F3N.C7H13F2NO.C7H13NO.C7H15N.C6H11F2N/c1-7(2)12-5-8(6-12)3-9(10,11)4-8;1-6(2)12-5-3-4-7(12)8(9,10)11;1-6(2)9-7(3)4-5-8(9)10;1-7(2)9-6-4-5-8(9)3;1-5(2)11-3-6(4-11)12-7(8,9)10;1-5(2)11-3-6(4-11)7(8,9)10;1-5(2)10-3-6(4-10)11-7(8)9;1-6(2)8-5-3-4-7(8)9;1-7(2)8-5-3-4-6-8;1-5(2)9-3-6(7,8)4-9/h7H,3-6H2,1-2H3;6-7H,3-5H2,1-2H3;6-7H,4-5H2,1-3H3;7-8H,4-6H2,1-3H3;5-6H,3-4H2,1-2H3;5-6H,3-4H2,1-2H3;5-7H,3-4H2,1-2H3;6H,3-5H2,1-2H3;7H,3-6H2,1-2H3;5H,3-4H2,1-2H3. The summed E-state index contributed by atoms with van der Waals surface area (Å²) in [7, 11) is 0. The Hall–Kier alpha value is -2.51. The van der Waals surface area contributed by atoms with Gasteiger partial charge in [-0.05, 0) is 230 Å². The fourth-order valence-electron chi connectivity index (χ4n) is 14.4. The average Bonchev–Trinajstić information content (AvgIpc) is 1.41. The molecule has 3 atom stereocenters. The van der Waals surface area contributed by atoms with Gasteiger partial charge in [0.25, 0.3) is 5.92 Å². The summed E-state index contributed by atoms with van der Waals surface area (Å²) in [5.74, 6) is -5.18. The Labute approximate surface area is 610 Å². The SMILES string of the molecule is CC(C)N1C(=O)CCC1C.CC(C)N1CC(C(F)(F)F)C1.CC(C)N1CC(F)(F)C1.CC(C)N1CC(OC(F)(F)F)C1.CC(C)N1CC(OC(F)F)C1.CC(C)N1CC2(C1)CC(F)(F)C2.CC(C)N1CCCC1.CC(C)N1CCCC1=O.CC(C)N1CCCC1C.CC(C)N1CCCC1C(F)(F)F. The number of amides is 2. The van der Waals surface area contributed by atoms with Crippen LogP contribution in [0.1, 0.15) is 229 Å². The van der Waals surface area contributed by atoms with Crippen LogP contribution in [0.2, 0.25) is 0 Å². The number of nitrogens with zero attached hydrogens (tertiary/aromatic N) is 10. The Morgan fingerprint density at radius 3 is 1.09 bits per heavy atom. The van der Waals surface area contributed by atoms with E-state index in [1.165, 1.54) is 50.2 Å². The predicted molar refractivity (Wildman–Crippen MR) is 381 cm³/mol. The van der Waals surface area contributed by atoms with Crippen LogP contribution in [0, 0.1) is 11.3 Å². The third-order valence-corrected chi connectivity index (χ3v) is 20.9. The summed E-state index contributed by atoms with van der Waals surface area (Å²) in [5.41, 5.74) is 0.00771. The maximum atomic E-state index is 12.6. The van der Waals surface area contributed by atoms with Gasteiger partial charge in [0.05, 0.1) is 31.2 Å². The molecule has 10 saturated heterocycles. The second-order valence-electron chi connectivity index (χ2n) is 32.9. The number of carbonyl (C=O) groups excluding carboxylic acids is 2. The highest BCUT2D eigenvalue weighted by molar-refractivity contribution is 5.79. The molecule has 0 radical (unpaired) electrons. The van der Waals surface area contributed by atoms with Crippen molar-refractivity contribution in [2.24, 2.45) is 11.3 Å². The van der Waals surface area contributed by atoms with Gasteiger partial charge in [0.2, 0.25) is 17.7 Å². The van der Waals surface area contributed by atoms with Gasteiger partial charge in [-0.3, -0.25) is 48.6 Å². The van der Waals surface area contributed by atoms with Crippen LogP contribution in [-0.4, -0.2) is 287 Å². The normalized spacial score (nSPS) is 25.0. The van der Waals surface area contributed by atoms with Crippen LogP contribution in [0.4, 0.5) is 65.9 Å². The van der Waals surface area contributed by atoms with E-state index in [-0.39, 0.29) is 75.1 Å². The second-order valence-corrected chi connectivity index (χ2v) is 32.9. The summed E-state index contributed by atoms with van der Waals surface area (Å²) in [6.07, 6.45) is -2.99. The smallest absolute Gasteiger partial charge is 0.340 e. The van der Waals surface area contributed by atoms with Crippen LogP contribution in [0.3, 0.4) is 0 Å². The molecule has 612 valence electrons. The van der Waals surface area contributed by atoms with E-state index in [0.29, 0.717) is 87.2 Å². The molecular formula is C74H137F15N10O4. The number of hydrogen-bond donors (Lipinski definition) is 0. The van der Waals surface area contributed by atoms with Crippen LogP contribution in [0.5, 0.6) is 0 Å². The van der Waals surface area contributed by atoms with Crippen molar-refractivity contribution in [1.82, 2.24) is 49.0 Å². The number of likely N-dealkylation sites (tertiary alicyclic amines) is 10. The Morgan fingerprint density at radius 1 is 0.398 bits per heavy atom. The van der Waals surface area contributed by atoms with Crippen molar-refractivity contribution in [3.63, 3.8) is 0 Å². The van der Waals surface area contributed by atoms with Crippen molar-refractivity contribution in [2.75, 3.05) is 98.2 Å². The molecule has 0 aromatic heterocycles. The number of alkyl halides is 15. The second kappa shape index (κ2) is 43.2. The first-order chi connectivity index (χ1) is 47.1. The monoisotopic (exact) mass is 1520 g/mol. The maximum Gasteiger partial charge on any atom is 0.522 e. The van der Waals surface area contributed by atoms with Gasteiger partial charge in [-0.15, -0.1) is 13.2 Å². The van der Waals surface area contributed by atoms with E-state index in [4.69, 9.17) is 0 Å². The van der Waals surface area contributed by atoms with Gasteiger partial charge < -0.3 is 19.4 Å². The summed E-state index contributed by atoms with van der Waals surface area (Å²) in [4.78, 5) is 42.5. The highest BCUT2D eigenvalue weighted by Crippen LogP contribution is 2.57. The molecule has 0 aromatic carbocycles. The molecule has 2 amide bonds. The van der Waals surface area contributed by atoms with Gasteiger partial charge in [-0.25, -0.2) is 17.6 Å².